The number of nitrogens with one attached hydrogen (secondary N) is 2. The van der Waals surface area contributed by atoms with Crippen molar-refractivity contribution in [2.24, 2.45) is 0 Å². The Morgan fingerprint density at radius 1 is 0.906 bits per heavy atom. The van der Waals surface area contributed by atoms with Gasteiger partial charge in [0, 0.05) is 23.1 Å². The highest BCUT2D eigenvalue weighted by Crippen LogP contribution is 2.16. The predicted octanol–water partition coefficient (Wildman–Crippen LogP) is 4.60. The fourth-order valence-electron chi connectivity index (χ4n) is 4.08. The molecular weight excluding hydrogens is 396 g/mol. The van der Waals surface area contributed by atoms with Crippen molar-refractivity contribution in [3.8, 4) is 5.75 Å². The first kappa shape index (κ1) is 21.7. The van der Waals surface area contributed by atoms with E-state index in [9.17, 15) is 4.79 Å². The van der Waals surface area contributed by atoms with Crippen LogP contribution in [0.15, 0.2) is 54.6 Å². The second-order valence-corrected chi connectivity index (χ2v) is 8.41. The SMILES string of the molecule is Cc1cccc(NCc2ccc(OCC(=O)Nc3ccc(C)cc3C)c3c2=CCCC=3)c1. The van der Waals surface area contributed by atoms with Gasteiger partial charge in [0.25, 0.3) is 5.91 Å². The van der Waals surface area contributed by atoms with E-state index in [1.165, 1.54) is 21.9 Å². The molecule has 0 atom stereocenters. The van der Waals surface area contributed by atoms with Gasteiger partial charge in [-0.2, -0.15) is 0 Å². The number of carbonyl (C=O) groups excluding carboxylic acids is 1. The van der Waals surface area contributed by atoms with E-state index in [1.807, 2.05) is 32.0 Å². The Bertz CT molecular complexity index is 1260. The van der Waals surface area contributed by atoms with Crippen LogP contribution in [0.3, 0.4) is 0 Å². The third-order valence-electron chi connectivity index (χ3n) is 5.72. The summed E-state index contributed by atoms with van der Waals surface area (Å²) in [6, 6.07) is 18.4. The molecule has 3 aromatic carbocycles. The van der Waals surface area contributed by atoms with Gasteiger partial charge in [0.1, 0.15) is 5.75 Å². The Balaban J connectivity index is 1.46. The van der Waals surface area contributed by atoms with Crippen LogP contribution in [0.25, 0.3) is 12.2 Å². The quantitative estimate of drug-likeness (QED) is 0.581. The summed E-state index contributed by atoms with van der Waals surface area (Å²) >= 11 is 0. The lowest BCUT2D eigenvalue weighted by Crippen LogP contribution is -2.34. The van der Waals surface area contributed by atoms with E-state index in [0.29, 0.717) is 0 Å². The third-order valence-corrected chi connectivity index (χ3v) is 5.72. The molecule has 0 saturated carbocycles. The maximum atomic E-state index is 12.5. The first-order valence-corrected chi connectivity index (χ1v) is 11.1. The Morgan fingerprint density at radius 2 is 1.69 bits per heavy atom. The monoisotopic (exact) mass is 426 g/mol. The number of carbonyl (C=O) groups is 1. The minimum Gasteiger partial charge on any atom is -0.483 e. The summed E-state index contributed by atoms with van der Waals surface area (Å²) in [7, 11) is 0. The molecule has 0 heterocycles. The summed E-state index contributed by atoms with van der Waals surface area (Å²) in [5, 5.41) is 8.75. The molecule has 0 spiro atoms. The third kappa shape index (κ3) is 5.20. The zero-order valence-electron chi connectivity index (χ0n) is 19.0. The molecule has 4 rings (SSSR count). The molecule has 2 N–H and O–H groups in total. The second kappa shape index (κ2) is 9.73. The summed E-state index contributed by atoms with van der Waals surface area (Å²) in [4.78, 5) is 12.5. The van der Waals surface area contributed by atoms with Gasteiger partial charge >= 0.3 is 0 Å². The number of rotatable bonds is 7. The first-order valence-electron chi connectivity index (χ1n) is 11.1. The van der Waals surface area contributed by atoms with Crippen molar-refractivity contribution in [2.45, 2.75) is 40.2 Å². The van der Waals surface area contributed by atoms with Crippen molar-refractivity contribution in [2.75, 3.05) is 17.2 Å². The molecule has 0 saturated heterocycles. The van der Waals surface area contributed by atoms with Gasteiger partial charge in [-0.15, -0.1) is 0 Å². The fourth-order valence-corrected chi connectivity index (χ4v) is 4.08. The van der Waals surface area contributed by atoms with Crippen LogP contribution < -0.4 is 25.8 Å². The van der Waals surface area contributed by atoms with Crippen LogP contribution in [0.4, 0.5) is 11.4 Å². The zero-order valence-corrected chi connectivity index (χ0v) is 19.0. The molecule has 0 aliphatic heterocycles. The summed E-state index contributed by atoms with van der Waals surface area (Å²) in [6.45, 7) is 6.85. The largest absolute Gasteiger partial charge is 0.483 e. The molecule has 0 bridgehead atoms. The lowest BCUT2D eigenvalue weighted by atomic mass is 10.0. The maximum absolute atomic E-state index is 12.5. The minimum atomic E-state index is -0.157. The molecular formula is C28H30N2O2. The van der Waals surface area contributed by atoms with Crippen LogP contribution in [0.5, 0.6) is 5.75 Å². The summed E-state index contributed by atoms with van der Waals surface area (Å²) in [6.07, 6.45) is 6.47. The summed E-state index contributed by atoms with van der Waals surface area (Å²) < 4.78 is 5.95. The normalized spacial score (nSPS) is 12.2. The minimum absolute atomic E-state index is 0.0194. The van der Waals surface area contributed by atoms with Crippen molar-refractivity contribution < 1.29 is 9.53 Å². The Labute approximate surface area is 189 Å². The molecule has 4 heteroatoms. The van der Waals surface area contributed by atoms with Gasteiger partial charge in [-0.05, 0) is 79.8 Å². The number of benzene rings is 3. The molecule has 4 nitrogen and oxygen atoms in total. The van der Waals surface area contributed by atoms with Crippen LogP contribution in [0.1, 0.15) is 35.1 Å². The van der Waals surface area contributed by atoms with Crippen LogP contribution in [-0.4, -0.2) is 12.5 Å². The van der Waals surface area contributed by atoms with Crippen molar-refractivity contribution >= 4 is 29.4 Å². The summed E-state index contributed by atoms with van der Waals surface area (Å²) in [5.74, 6) is 0.599. The molecule has 1 aliphatic carbocycles. The summed E-state index contributed by atoms with van der Waals surface area (Å²) in [5.41, 5.74) is 6.62. The van der Waals surface area contributed by atoms with E-state index in [4.69, 9.17) is 4.74 Å². The van der Waals surface area contributed by atoms with Crippen molar-refractivity contribution in [1.82, 2.24) is 0 Å². The number of amides is 1. The highest BCUT2D eigenvalue weighted by atomic mass is 16.5. The number of anilines is 2. The molecule has 164 valence electrons. The molecule has 0 radical (unpaired) electrons. The standard InChI is InChI=1S/C28H30N2O2/c1-19-7-6-8-23(16-19)29-17-22-12-14-27(25-10-5-4-9-24(22)25)32-18-28(31)30-26-13-11-20(2)15-21(26)3/h6-16,29H,4-5,17-18H2,1-3H3,(H,30,31). The van der Waals surface area contributed by atoms with E-state index >= 15 is 0 Å². The Morgan fingerprint density at radius 3 is 2.47 bits per heavy atom. The molecule has 0 fully saturated rings. The molecule has 0 unspecified atom stereocenters. The van der Waals surface area contributed by atoms with Crippen molar-refractivity contribution in [3.63, 3.8) is 0 Å². The number of fused-ring (bicyclic) bond motifs is 1. The van der Waals surface area contributed by atoms with Gasteiger partial charge in [0.2, 0.25) is 0 Å². The molecule has 3 aromatic rings. The van der Waals surface area contributed by atoms with E-state index in [-0.39, 0.29) is 12.5 Å². The van der Waals surface area contributed by atoms with Gasteiger partial charge in [-0.1, -0.05) is 48.0 Å². The van der Waals surface area contributed by atoms with Gasteiger partial charge in [-0.25, -0.2) is 0 Å². The second-order valence-electron chi connectivity index (χ2n) is 8.41. The van der Waals surface area contributed by atoms with Gasteiger partial charge in [0.05, 0.1) is 0 Å². The first-order chi connectivity index (χ1) is 15.5. The highest BCUT2D eigenvalue weighted by molar-refractivity contribution is 5.92. The smallest absolute Gasteiger partial charge is 0.262 e. The maximum Gasteiger partial charge on any atom is 0.262 e. The molecule has 32 heavy (non-hydrogen) atoms. The zero-order chi connectivity index (χ0) is 22.5. The van der Waals surface area contributed by atoms with Crippen LogP contribution in [0.2, 0.25) is 0 Å². The van der Waals surface area contributed by atoms with E-state index in [1.54, 1.807) is 0 Å². The van der Waals surface area contributed by atoms with Crippen LogP contribution >= 0.6 is 0 Å². The topological polar surface area (TPSA) is 50.4 Å². The predicted molar refractivity (Wildman–Crippen MR) is 132 cm³/mol. The van der Waals surface area contributed by atoms with Gasteiger partial charge in [0.15, 0.2) is 6.61 Å². The van der Waals surface area contributed by atoms with Crippen molar-refractivity contribution in [1.29, 1.82) is 0 Å². The van der Waals surface area contributed by atoms with Gasteiger partial charge in [-0.3, -0.25) is 4.79 Å². The van der Waals surface area contributed by atoms with Crippen LogP contribution in [0, 0.1) is 20.8 Å². The lowest BCUT2D eigenvalue weighted by molar-refractivity contribution is -0.118. The van der Waals surface area contributed by atoms with Gasteiger partial charge < -0.3 is 15.4 Å². The highest BCUT2D eigenvalue weighted by Gasteiger charge is 2.10. The fraction of sp³-hybridized carbons (Fsp3) is 0.250. The molecule has 0 aromatic heterocycles. The average molecular weight is 427 g/mol. The Hall–Kier alpha value is -3.53. The molecule has 1 aliphatic rings. The number of hydrogen-bond acceptors (Lipinski definition) is 3. The number of aryl methyl sites for hydroxylation is 3. The van der Waals surface area contributed by atoms with Crippen molar-refractivity contribution in [3.05, 3.63) is 87.3 Å². The Kier molecular flexibility index (Phi) is 6.60. The number of hydrogen-bond donors (Lipinski definition) is 2. The lowest BCUT2D eigenvalue weighted by Gasteiger charge is -2.14. The number of ether oxygens (including phenoxy) is 1. The van der Waals surface area contributed by atoms with Crippen LogP contribution in [-0.2, 0) is 11.3 Å². The van der Waals surface area contributed by atoms with E-state index < -0.39 is 0 Å². The molecule has 1 amide bonds. The average Bonchev–Trinajstić information content (AvgIpc) is 2.78. The van der Waals surface area contributed by atoms with E-state index in [2.05, 4.69) is 66.1 Å². The van der Waals surface area contributed by atoms with E-state index in [0.717, 1.165) is 47.3 Å².